The van der Waals surface area contributed by atoms with Crippen LogP contribution in [0.3, 0.4) is 0 Å². The molecule has 1 heteroatoms. The minimum absolute atomic E-state index is 1.24. The Bertz CT molecular complexity index is 309. The number of benzene rings is 1. The van der Waals surface area contributed by atoms with Gasteiger partial charge in [-0.15, -0.1) is 0 Å². The number of aryl methyl sites for hydroxylation is 2. The molecule has 1 aromatic rings. The van der Waals surface area contributed by atoms with Gasteiger partial charge in [-0.3, -0.25) is 0 Å². The Labute approximate surface area is 106 Å². The van der Waals surface area contributed by atoms with Gasteiger partial charge in [-0.05, 0) is 64.2 Å². The number of unbranched alkanes of at least 4 members (excludes halogenated alkanes) is 1. The van der Waals surface area contributed by atoms with E-state index >= 15 is 0 Å². The van der Waals surface area contributed by atoms with Crippen LogP contribution in [0.5, 0.6) is 0 Å². The van der Waals surface area contributed by atoms with Crippen molar-refractivity contribution in [2.45, 2.75) is 45.4 Å². The highest BCUT2D eigenvalue weighted by Crippen LogP contribution is 2.11. The average molecular weight is 231 g/mol. The average Bonchev–Trinajstić information content (AvgIpc) is 2.38. The van der Waals surface area contributed by atoms with Crippen LogP contribution in [0.15, 0.2) is 24.3 Å². The van der Waals surface area contributed by atoms with Crippen LogP contribution in [0, 0.1) is 6.92 Å². The van der Waals surface area contributed by atoms with Gasteiger partial charge >= 0.3 is 0 Å². The molecule has 0 bridgehead atoms. The normalized spacial score (nSPS) is 17.2. The number of rotatable bonds is 5. The van der Waals surface area contributed by atoms with Crippen LogP contribution < -0.4 is 0 Å². The van der Waals surface area contributed by atoms with Gasteiger partial charge in [-0.25, -0.2) is 0 Å². The van der Waals surface area contributed by atoms with Crippen LogP contribution in [-0.4, -0.2) is 24.5 Å². The number of nitrogens with zero attached hydrogens (tertiary/aromatic N) is 1. The zero-order valence-electron chi connectivity index (χ0n) is 11.1. The second-order valence-electron chi connectivity index (χ2n) is 5.35. The summed E-state index contributed by atoms with van der Waals surface area (Å²) in [5.74, 6) is 0. The lowest BCUT2D eigenvalue weighted by Crippen LogP contribution is -2.30. The molecular weight excluding hydrogens is 206 g/mol. The molecule has 1 nitrogen and oxygen atoms in total. The smallest absolute Gasteiger partial charge is 0.00186 e. The molecule has 1 saturated heterocycles. The number of likely N-dealkylation sites (tertiary alicyclic amines) is 1. The molecule has 94 valence electrons. The minimum atomic E-state index is 1.24. The summed E-state index contributed by atoms with van der Waals surface area (Å²) in [5, 5.41) is 0. The van der Waals surface area contributed by atoms with E-state index in [-0.39, 0.29) is 0 Å². The SMILES string of the molecule is Cc1ccc(CCCCN2CCCCC2)cc1. The molecule has 1 heterocycles. The zero-order valence-corrected chi connectivity index (χ0v) is 11.1. The second kappa shape index (κ2) is 6.80. The Kier molecular flexibility index (Phi) is 5.06. The second-order valence-corrected chi connectivity index (χ2v) is 5.35. The molecule has 1 fully saturated rings. The van der Waals surface area contributed by atoms with Gasteiger partial charge in [0.15, 0.2) is 0 Å². The van der Waals surface area contributed by atoms with E-state index in [0.717, 1.165) is 0 Å². The van der Waals surface area contributed by atoms with Gasteiger partial charge in [0, 0.05) is 0 Å². The van der Waals surface area contributed by atoms with Crippen molar-refractivity contribution < 1.29 is 0 Å². The quantitative estimate of drug-likeness (QED) is 0.697. The standard InChI is InChI=1S/C16H25N/c1-15-8-10-16(11-9-15)7-3-6-14-17-12-4-2-5-13-17/h8-11H,2-7,12-14H2,1H3. The van der Waals surface area contributed by atoms with Gasteiger partial charge < -0.3 is 4.90 Å². The maximum atomic E-state index is 2.64. The third kappa shape index (κ3) is 4.51. The summed E-state index contributed by atoms with van der Waals surface area (Å²) in [6, 6.07) is 8.99. The molecule has 0 spiro atoms. The summed E-state index contributed by atoms with van der Waals surface area (Å²) < 4.78 is 0. The van der Waals surface area contributed by atoms with Crippen LogP contribution in [0.1, 0.15) is 43.2 Å². The summed E-state index contributed by atoms with van der Waals surface area (Å²) in [6.45, 7) is 6.14. The molecule has 0 atom stereocenters. The molecule has 0 radical (unpaired) electrons. The third-order valence-corrected chi connectivity index (χ3v) is 3.76. The van der Waals surface area contributed by atoms with E-state index in [0.29, 0.717) is 0 Å². The Balaban J connectivity index is 1.60. The predicted octanol–water partition coefficient (Wildman–Crippen LogP) is 3.80. The summed E-state index contributed by atoms with van der Waals surface area (Å²) in [4.78, 5) is 2.64. The van der Waals surface area contributed by atoms with E-state index < -0.39 is 0 Å². The topological polar surface area (TPSA) is 3.24 Å². The van der Waals surface area contributed by atoms with Gasteiger partial charge in [0.05, 0.1) is 0 Å². The van der Waals surface area contributed by atoms with Crippen molar-refractivity contribution in [1.82, 2.24) is 4.90 Å². The Morgan fingerprint density at radius 1 is 0.941 bits per heavy atom. The highest BCUT2D eigenvalue weighted by atomic mass is 15.1. The van der Waals surface area contributed by atoms with Crippen LogP contribution in [-0.2, 0) is 6.42 Å². The van der Waals surface area contributed by atoms with E-state index in [9.17, 15) is 0 Å². The highest BCUT2D eigenvalue weighted by molar-refractivity contribution is 5.21. The molecule has 0 N–H and O–H groups in total. The molecule has 0 amide bonds. The third-order valence-electron chi connectivity index (χ3n) is 3.76. The summed E-state index contributed by atoms with van der Waals surface area (Å²) >= 11 is 0. The lowest BCUT2D eigenvalue weighted by molar-refractivity contribution is 0.225. The van der Waals surface area contributed by atoms with Crippen LogP contribution in [0.2, 0.25) is 0 Å². The Morgan fingerprint density at radius 2 is 1.65 bits per heavy atom. The number of hydrogen-bond donors (Lipinski definition) is 0. The number of hydrogen-bond acceptors (Lipinski definition) is 1. The first-order valence-corrected chi connectivity index (χ1v) is 7.12. The monoisotopic (exact) mass is 231 g/mol. The zero-order chi connectivity index (χ0) is 11.9. The summed E-state index contributed by atoms with van der Waals surface area (Å²) in [6.07, 6.45) is 8.21. The van der Waals surface area contributed by atoms with Crippen molar-refractivity contribution in [3.8, 4) is 0 Å². The lowest BCUT2D eigenvalue weighted by atomic mass is 10.1. The first kappa shape index (κ1) is 12.6. The van der Waals surface area contributed by atoms with Crippen molar-refractivity contribution in [1.29, 1.82) is 0 Å². The van der Waals surface area contributed by atoms with Gasteiger partial charge in [-0.1, -0.05) is 36.2 Å². The fraction of sp³-hybridized carbons (Fsp3) is 0.625. The van der Waals surface area contributed by atoms with E-state index in [1.807, 2.05) is 0 Å². The van der Waals surface area contributed by atoms with Crippen LogP contribution >= 0.6 is 0 Å². The molecule has 1 aliphatic heterocycles. The van der Waals surface area contributed by atoms with Crippen LogP contribution in [0.25, 0.3) is 0 Å². The van der Waals surface area contributed by atoms with Crippen molar-refractivity contribution in [2.24, 2.45) is 0 Å². The first-order chi connectivity index (χ1) is 8.34. The van der Waals surface area contributed by atoms with Gasteiger partial charge in [0.1, 0.15) is 0 Å². The molecular formula is C16H25N. The van der Waals surface area contributed by atoms with E-state index in [4.69, 9.17) is 0 Å². The van der Waals surface area contributed by atoms with E-state index in [2.05, 4.69) is 36.1 Å². The molecule has 0 unspecified atom stereocenters. The Morgan fingerprint density at radius 3 is 2.35 bits per heavy atom. The maximum absolute atomic E-state index is 2.64. The molecule has 1 aliphatic rings. The largest absolute Gasteiger partial charge is 0.303 e. The van der Waals surface area contributed by atoms with Crippen molar-refractivity contribution in [3.63, 3.8) is 0 Å². The minimum Gasteiger partial charge on any atom is -0.303 e. The molecule has 17 heavy (non-hydrogen) atoms. The van der Waals surface area contributed by atoms with Gasteiger partial charge in [-0.2, -0.15) is 0 Å². The molecule has 0 aromatic heterocycles. The van der Waals surface area contributed by atoms with Crippen LogP contribution in [0.4, 0.5) is 0 Å². The fourth-order valence-electron chi connectivity index (χ4n) is 2.60. The van der Waals surface area contributed by atoms with Gasteiger partial charge in [0.2, 0.25) is 0 Å². The molecule has 2 rings (SSSR count). The molecule has 1 aromatic carbocycles. The molecule has 0 aliphatic carbocycles. The van der Waals surface area contributed by atoms with Gasteiger partial charge in [0.25, 0.3) is 0 Å². The van der Waals surface area contributed by atoms with E-state index in [1.54, 1.807) is 0 Å². The highest BCUT2D eigenvalue weighted by Gasteiger charge is 2.08. The number of piperidine rings is 1. The first-order valence-electron chi connectivity index (χ1n) is 7.12. The van der Waals surface area contributed by atoms with Crippen molar-refractivity contribution in [3.05, 3.63) is 35.4 Å². The fourth-order valence-corrected chi connectivity index (χ4v) is 2.60. The maximum Gasteiger partial charge on any atom is -0.00186 e. The van der Waals surface area contributed by atoms with E-state index in [1.165, 1.54) is 69.3 Å². The van der Waals surface area contributed by atoms with Crippen molar-refractivity contribution >= 4 is 0 Å². The predicted molar refractivity (Wildman–Crippen MR) is 74.4 cm³/mol. The molecule has 0 saturated carbocycles. The van der Waals surface area contributed by atoms with Crippen molar-refractivity contribution in [2.75, 3.05) is 19.6 Å². The summed E-state index contributed by atoms with van der Waals surface area (Å²) in [5.41, 5.74) is 2.86. The lowest BCUT2D eigenvalue weighted by Gasteiger charge is -2.26. The Hall–Kier alpha value is -0.820. The summed E-state index contributed by atoms with van der Waals surface area (Å²) in [7, 11) is 0.